The molecule has 5 nitrogen and oxygen atoms in total. The number of amidine groups is 1. The Kier molecular flexibility index (Phi) is 6.47. The molecule has 5 heteroatoms. The lowest BCUT2D eigenvalue weighted by molar-refractivity contribution is 0.0341. The van der Waals surface area contributed by atoms with Gasteiger partial charge in [0.25, 0.3) is 0 Å². The van der Waals surface area contributed by atoms with Gasteiger partial charge in [-0.2, -0.15) is 0 Å². The van der Waals surface area contributed by atoms with Crippen LogP contribution in [0.25, 0.3) is 0 Å². The summed E-state index contributed by atoms with van der Waals surface area (Å²) in [7, 11) is 2.09. The first-order valence-electron chi connectivity index (χ1n) is 6.31. The zero-order valence-electron chi connectivity index (χ0n) is 10.9. The van der Waals surface area contributed by atoms with Crippen molar-refractivity contribution in [2.75, 3.05) is 40.0 Å². The van der Waals surface area contributed by atoms with Crippen molar-refractivity contribution in [2.24, 2.45) is 11.7 Å². The smallest absolute Gasteiger partial charge is 0.120 e. The number of likely N-dealkylation sites (N-methyl/N-ethyl adjacent to an activating group) is 1. The third-order valence-corrected chi connectivity index (χ3v) is 3.10. The zero-order chi connectivity index (χ0) is 12.7. The van der Waals surface area contributed by atoms with Crippen LogP contribution >= 0.6 is 0 Å². The highest BCUT2D eigenvalue weighted by Gasteiger charge is 2.15. The van der Waals surface area contributed by atoms with Gasteiger partial charge < -0.3 is 20.1 Å². The second-order valence-electron chi connectivity index (χ2n) is 4.81. The SMILES string of the molecule is CC(OCCN(C)CC1CCCOC1)C(=N)N. The Hall–Kier alpha value is -0.650. The molecule has 0 aromatic heterocycles. The molecule has 1 fully saturated rings. The van der Waals surface area contributed by atoms with Crippen LogP contribution in [-0.4, -0.2) is 56.8 Å². The maximum atomic E-state index is 7.21. The van der Waals surface area contributed by atoms with Crippen LogP contribution in [0, 0.1) is 11.3 Å². The lowest BCUT2D eigenvalue weighted by atomic mass is 10.0. The molecule has 0 aromatic carbocycles. The first kappa shape index (κ1) is 14.4. The van der Waals surface area contributed by atoms with Gasteiger partial charge in [-0.15, -0.1) is 0 Å². The summed E-state index contributed by atoms with van der Waals surface area (Å²) >= 11 is 0. The van der Waals surface area contributed by atoms with Crippen LogP contribution in [0.2, 0.25) is 0 Å². The number of hydrogen-bond acceptors (Lipinski definition) is 4. The van der Waals surface area contributed by atoms with Gasteiger partial charge in [0, 0.05) is 19.7 Å². The van der Waals surface area contributed by atoms with E-state index in [1.807, 2.05) is 0 Å². The molecule has 0 aromatic rings. The Labute approximate surface area is 104 Å². The van der Waals surface area contributed by atoms with E-state index in [1.54, 1.807) is 6.92 Å². The highest BCUT2D eigenvalue weighted by atomic mass is 16.5. The van der Waals surface area contributed by atoms with E-state index < -0.39 is 0 Å². The summed E-state index contributed by atoms with van der Waals surface area (Å²) in [5, 5.41) is 7.21. The zero-order valence-corrected chi connectivity index (χ0v) is 10.9. The van der Waals surface area contributed by atoms with Crippen molar-refractivity contribution < 1.29 is 9.47 Å². The van der Waals surface area contributed by atoms with Gasteiger partial charge in [-0.25, -0.2) is 0 Å². The Balaban J connectivity index is 2.08. The van der Waals surface area contributed by atoms with Crippen LogP contribution in [0.4, 0.5) is 0 Å². The summed E-state index contributed by atoms with van der Waals surface area (Å²) in [6, 6.07) is 0. The van der Waals surface area contributed by atoms with E-state index in [0.29, 0.717) is 12.5 Å². The van der Waals surface area contributed by atoms with Crippen LogP contribution in [0.5, 0.6) is 0 Å². The fourth-order valence-corrected chi connectivity index (χ4v) is 1.96. The van der Waals surface area contributed by atoms with Crippen molar-refractivity contribution in [1.82, 2.24) is 4.90 Å². The van der Waals surface area contributed by atoms with E-state index in [9.17, 15) is 0 Å². The molecule has 1 aliphatic rings. The van der Waals surface area contributed by atoms with Crippen molar-refractivity contribution in [3.63, 3.8) is 0 Å². The molecule has 0 amide bonds. The maximum absolute atomic E-state index is 7.21. The summed E-state index contributed by atoms with van der Waals surface area (Å²) in [5.74, 6) is 0.743. The summed E-state index contributed by atoms with van der Waals surface area (Å²) in [6.45, 7) is 6.14. The quantitative estimate of drug-likeness (QED) is 0.509. The molecule has 2 atom stereocenters. The van der Waals surface area contributed by atoms with E-state index in [0.717, 1.165) is 26.3 Å². The summed E-state index contributed by atoms with van der Waals surface area (Å²) in [4.78, 5) is 2.26. The number of nitrogens with one attached hydrogen (secondary N) is 1. The lowest BCUT2D eigenvalue weighted by Crippen LogP contribution is -2.35. The van der Waals surface area contributed by atoms with Crippen LogP contribution in [0.3, 0.4) is 0 Å². The molecule has 1 saturated heterocycles. The summed E-state index contributed by atoms with van der Waals surface area (Å²) < 4.78 is 10.9. The first-order valence-corrected chi connectivity index (χ1v) is 6.31. The third kappa shape index (κ3) is 6.00. The normalized spacial score (nSPS) is 22.6. The number of hydrogen-bond donors (Lipinski definition) is 2. The minimum Gasteiger partial charge on any atom is -0.385 e. The number of ether oxygens (including phenoxy) is 2. The molecule has 3 N–H and O–H groups in total. The molecule has 0 saturated carbocycles. The van der Waals surface area contributed by atoms with Crippen molar-refractivity contribution in [3.8, 4) is 0 Å². The number of rotatable bonds is 7. The largest absolute Gasteiger partial charge is 0.385 e. The topological polar surface area (TPSA) is 71.6 Å². The Morgan fingerprint density at radius 2 is 2.41 bits per heavy atom. The van der Waals surface area contributed by atoms with E-state index >= 15 is 0 Å². The van der Waals surface area contributed by atoms with Crippen molar-refractivity contribution in [3.05, 3.63) is 0 Å². The highest BCUT2D eigenvalue weighted by Crippen LogP contribution is 2.14. The van der Waals surface area contributed by atoms with Gasteiger partial charge in [0.1, 0.15) is 11.9 Å². The monoisotopic (exact) mass is 243 g/mol. The fourth-order valence-electron chi connectivity index (χ4n) is 1.96. The molecular weight excluding hydrogens is 218 g/mol. The third-order valence-electron chi connectivity index (χ3n) is 3.10. The van der Waals surface area contributed by atoms with Crippen LogP contribution in [-0.2, 0) is 9.47 Å². The summed E-state index contributed by atoms with van der Waals surface area (Å²) in [5.41, 5.74) is 5.33. The van der Waals surface area contributed by atoms with Gasteiger partial charge in [0.2, 0.25) is 0 Å². The minimum atomic E-state index is -0.276. The second kappa shape index (κ2) is 7.63. The van der Waals surface area contributed by atoms with E-state index in [-0.39, 0.29) is 11.9 Å². The van der Waals surface area contributed by atoms with Crippen molar-refractivity contribution in [1.29, 1.82) is 5.41 Å². The van der Waals surface area contributed by atoms with Gasteiger partial charge in [0.15, 0.2) is 0 Å². The predicted molar refractivity (Wildman–Crippen MR) is 68.4 cm³/mol. The molecule has 17 heavy (non-hydrogen) atoms. The van der Waals surface area contributed by atoms with Crippen molar-refractivity contribution in [2.45, 2.75) is 25.9 Å². The molecule has 1 heterocycles. The van der Waals surface area contributed by atoms with Crippen LogP contribution in [0.15, 0.2) is 0 Å². The summed E-state index contributed by atoms with van der Waals surface area (Å²) in [6.07, 6.45) is 2.16. The van der Waals surface area contributed by atoms with E-state index in [1.165, 1.54) is 12.8 Å². The molecule has 0 bridgehead atoms. The minimum absolute atomic E-state index is 0.0910. The molecule has 2 unspecified atom stereocenters. The van der Waals surface area contributed by atoms with Gasteiger partial charge >= 0.3 is 0 Å². The van der Waals surface area contributed by atoms with Crippen molar-refractivity contribution >= 4 is 5.84 Å². The molecular formula is C12H25N3O2. The van der Waals surface area contributed by atoms with Gasteiger partial charge in [-0.1, -0.05) is 0 Å². The highest BCUT2D eigenvalue weighted by molar-refractivity contribution is 5.81. The van der Waals surface area contributed by atoms with Gasteiger partial charge in [0.05, 0.1) is 13.2 Å². The van der Waals surface area contributed by atoms with E-state index in [2.05, 4.69) is 11.9 Å². The Morgan fingerprint density at radius 3 is 3.00 bits per heavy atom. The second-order valence-corrected chi connectivity index (χ2v) is 4.81. The maximum Gasteiger partial charge on any atom is 0.120 e. The first-order chi connectivity index (χ1) is 8.09. The average Bonchev–Trinajstić information content (AvgIpc) is 2.30. The molecule has 0 radical (unpaired) electrons. The molecule has 1 rings (SSSR count). The fraction of sp³-hybridized carbons (Fsp3) is 0.917. The van der Waals surface area contributed by atoms with E-state index in [4.69, 9.17) is 20.6 Å². The van der Waals surface area contributed by atoms with Gasteiger partial charge in [-0.05, 0) is 32.7 Å². The van der Waals surface area contributed by atoms with Crippen LogP contribution in [0.1, 0.15) is 19.8 Å². The average molecular weight is 243 g/mol. The molecule has 0 aliphatic carbocycles. The number of nitrogens with two attached hydrogens (primary N) is 1. The van der Waals surface area contributed by atoms with Gasteiger partial charge in [-0.3, -0.25) is 5.41 Å². The Bertz CT molecular complexity index is 230. The molecule has 1 aliphatic heterocycles. The standard InChI is InChI=1S/C12H25N3O2/c1-10(12(13)14)17-7-5-15(2)8-11-4-3-6-16-9-11/h10-11H,3-9H2,1-2H3,(H3,13,14). The number of nitrogens with zero attached hydrogens (tertiary/aromatic N) is 1. The van der Waals surface area contributed by atoms with Crippen LogP contribution < -0.4 is 5.73 Å². The molecule has 0 spiro atoms. The Morgan fingerprint density at radius 1 is 1.65 bits per heavy atom. The molecule has 100 valence electrons. The lowest BCUT2D eigenvalue weighted by Gasteiger charge is -2.27. The predicted octanol–water partition coefficient (Wildman–Crippen LogP) is 0.686.